The minimum Gasteiger partial charge on any atom is -0.325 e. The number of guanidine groups is 1. The summed E-state index contributed by atoms with van der Waals surface area (Å²) in [6.07, 6.45) is 0. The maximum absolute atomic E-state index is 5.92. The Morgan fingerprint density at radius 3 is 2.58 bits per heavy atom. The summed E-state index contributed by atoms with van der Waals surface area (Å²) in [5, 5.41) is 3.79. The van der Waals surface area contributed by atoms with Crippen molar-refractivity contribution in [2.24, 2.45) is 10.8 Å². The van der Waals surface area contributed by atoms with Crippen LogP contribution < -0.4 is 16.6 Å². The number of aliphatic imine (C=N–C) groups is 1. The minimum absolute atomic E-state index is 0.500. The Bertz CT molecular complexity index is 554. The van der Waals surface area contributed by atoms with Crippen molar-refractivity contribution in [2.75, 3.05) is 5.32 Å². The van der Waals surface area contributed by atoms with Crippen molar-refractivity contribution >= 4 is 23.2 Å². The van der Waals surface area contributed by atoms with E-state index in [-0.39, 0.29) is 0 Å². The monoisotopic (exact) mass is 274 g/mol. The molecule has 0 unspecified atom stereocenters. The van der Waals surface area contributed by atoms with Crippen LogP contribution in [0.25, 0.3) is 0 Å². The lowest BCUT2D eigenvalue weighted by molar-refractivity contribution is 0.968. The highest BCUT2D eigenvalue weighted by Crippen LogP contribution is 2.11. The first-order valence-corrected chi connectivity index (χ1v) is 6.23. The van der Waals surface area contributed by atoms with Crippen LogP contribution >= 0.6 is 11.6 Å². The van der Waals surface area contributed by atoms with Crippen LogP contribution in [0.15, 0.2) is 59.6 Å². The highest BCUT2D eigenvalue weighted by molar-refractivity contribution is 6.30. The lowest BCUT2D eigenvalue weighted by Gasteiger charge is -2.09. The molecule has 0 fully saturated rings. The first-order chi connectivity index (χ1) is 9.28. The van der Waals surface area contributed by atoms with Crippen LogP contribution in [0.1, 0.15) is 5.56 Å². The van der Waals surface area contributed by atoms with Gasteiger partial charge < -0.3 is 5.32 Å². The summed E-state index contributed by atoms with van der Waals surface area (Å²) in [4.78, 5) is 4.36. The smallest absolute Gasteiger partial charge is 0.210 e. The van der Waals surface area contributed by atoms with Crippen LogP contribution in [0.5, 0.6) is 0 Å². The fraction of sp³-hybridized carbons (Fsp3) is 0.0714. The van der Waals surface area contributed by atoms with E-state index in [4.69, 9.17) is 17.4 Å². The van der Waals surface area contributed by atoms with Crippen molar-refractivity contribution < 1.29 is 0 Å². The van der Waals surface area contributed by atoms with E-state index in [1.807, 2.05) is 54.6 Å². The summed E-state index contributed by atoms with van der Waals surface area (Å²) < 4.78 is 0. The second-order valence-electron chi connectivity index (χ2n) is 3.93. The Morgan fingerprint density at radius 1 is 1.11 bits per heavy atom. The van der Waals surface area contributed by atoms with Gasteiger partial charge in [0.15, 0.2) is 0 Å². The third-order valence-electron chi connectivity index (χ3n) is 2.48. The number of hydrogen-bond donors (Lipinski definition) is 3. The van der Waals surface area contributed by atoms with Crippen molar-refractivity contribution in [3.8, 4) is 0 Å². The molecule has 4 N–H and O–H groups in total. The SMILES string of the molecule is NNC(=NCc1cccc(Cl)c1)Nc1ccccc1. The van der Waals surface area contributed by atoms with Gasteiger partial charge in [0.1, 0.15) is 0 Å². The van der Waals surface area contributed by atoms with E-state index in [0.29, 0.717) is 17.5 Å². The van der Waals surface area contributed by atoms with Crippen molar-refractivity contribution in [1.82, 2.24) is 5.43 Å². The zero-order chi connectivity index (χ0) is 13.5. The molecule has 0 spiro atoms. The number of nitrogens with one attached hydrogen (secondary N) is 2. The first-order valence-electron chi connectivity index (χ1n) is 5.85. The third kappa shape index (κ3) is 4.28. The number of rotatable bonds is 3. The molecule has 5 heteroatoms. The molecule has 2 aromatic rings. The summed E-state index contributed by atoms with van der Waals surface area (Å²) in [5.74, 6) is 5.95. The Labute approximate surface area is 117 Å². The molecule has 0 saturated carbocycles. The van der Waals surface area contributed by atoms with E-state index in [9.17, 15) is 0 Å². The van der Waals surface area contributed by atoms with Crippen LogP contribution in [0.3, 0.4) is 0 Å². The third-order valence-corrected chi connectivity index (χ3v) is 2.72. The van der Waals surface area contributed by atoms with Gasteiger partial charge in [-0.1, -0.05) is 41.9 Å². The number of hydrazine groups is 1. The molecule has 2 rings (SSSR count). The van der Waals surface area contributed by atoms with Gasteiger partial charge in [0, 0.05) is 10.7 Å². The molecule has 2 aromatic carbocycles. The van der Waals surface area contributed by atoms with Gasteiger partial charge in [-0.3, -0.25) is 5.43 Å². The van der Waals surface area contributed by atoms with E-state index < -0.39 is 0 Å². The molecule has 0 aliphatic carbocycles. The van der Waals surface area contributed by atoms with E-state index in [1.165, 1.54) is 0 Å². The topological polar surface area (TPSA) is 62.4 Å². The van der Waals surface area contributed by atoms with Crippen molar-refractivity contribution in [3.63, 3.8) is 0 Å². The molecule has 0 atom stereocenters. The molecule has 0 heterocycles. The molecular weight excluding hydrogens is 260 g/mol. The zero-order valence-corrected chi connectivity index (χ0v) is 11.1. The maximum atomic E-state index is 5.92. The lowest BCUT2D eigenvalue weighted by Crippen LogP contribution is -2.36. The van der Waals surface area contributed by atoms with Crippen LogP contribution in [-0.4, -0.2) is 5.96 Å². The Balaban J connectivity index is 2.03. The normalized spacial score (nSPS) is 11.2. The average molecular weight is 275 g/mol. The fourth-order valence-electron chi connectivity index (χ4n) is 1.59. The van der Waals surface area contributed by atoms with Crippen molar-refractivity contribution in [2.45, 2.75) is 6.54 Å². The molecule has 98 valence electrons. The number of nitrogens with zero attached hydrogens (tertiary/aromatic N) is 1. The zero-order valence-electron chi connectivity index (χ0n) is 10.3. The summed E-state index contributed by atoms with van der Waals surface area (Å²) in [6, 6.07) is 17.3. The second kappa shape index (κ2) is 6.78. The molecule has 0 aliphatic heterocycles. The van der Waals surface area contributed by atoms with Gasteiger partial charge in [-0.2, -0.15) is 0 Å². The molecule has 0 aliphatic rings. The van der Waals surface area contributed by atoms with Crippen molar-refractivity contribution in [3.05, 3.63) is 65.2 Å². The molecular formula is C14H15ClN4. The average Bonchev–Trinajstić information content (AvgIpc) is 2.44. The number of anilines is 1. The molecule has 0 aromatic heterocycles. The van der Waals surface area contributed by atoms with Crippen molar-refractivity contribution in [1.29, 1.82) is 0 Å². The highest BCUT2D eigenvalue weighted by atomic mass is 35.5. The second-order valence-corrected chi connectivity index (χ2v) is 4.37. The summed E-state index contributed by atoms with van der Waals surface area (Å²) in [6.45, 7) is 0.500. The first kappa shape index (κ1) is 13.4. The van der Waals surface area contributed by atoms with E-state index >= 15 is 0 Å². The van der Waals surface area contributed by atoms with E-state index in [2.05, 4.69) is 15.7 Å². The number of benzene rings is 2. The Kier molecular flexibility index (Phi) is 4.78. The van der Waals surface area contributed by atoms with Gasteiger partial charge in [0.25, 0.3) is 0 Å². The number of hydrogen-bond acceptors (Lipinski definition) is 2. The molecule has 0 saturated heterocycles. The van der Waals surface area contributed by atoms with Crippen LogP contribution in [-0.2, 0) is 6.54 Å². The van der Waals surface area contributed by atoms with Gasteiger partial charge in [0.2, 0.25) is 5.96 Å². The van der Waals surface area contributed by atoms with Crippen LogP contribution in [0.4, 0.5) is 5.69 Å². The maximum Gasteiger partial charge on any atom is 0.210 e. The molecule has 19 heavy (non-hydrogen) atoms. The van der Waals surface area contributed by atoms with E-state index in [0.717, 1.165) is 11.3 Å². The Hall–Kier alpha value is -2.04. The Morgan fingerprint density at radius 2 is 1.89 bits per heavy atom. The predicted octanol–water partition coefficient (Wildman–Crippen LogP) is 2.77. The summed E-state index contributed by atoms with van der Waals surface area (Å²) >= 11 is 5.92. The van der Waals surface area contributed by atoms with Gasteiger partial charge >= 0.3 is 0 Å². The minimum atomic E-state index is 0.500. The van der Waals surface area contributed by atoms with Gasteiger partial charge in [-0.15, -0.1) is 0 Å². The molecule has 0 amide bonds. The van der Waals surface area contributed by atoms with Gasteiger partial charge in [-0.05, 0) is 29.8 Å². The lowest BCUT2D eigenvalue weighted by atomic mass is 10.2. The van der Waals surface area contributed by atoms with Crippen LogP contribution in [0.2, 0.25) is 5.02 Å². The quantitative estimate of drug-likeness (QED) is 0.349. The number of halogens is 1. The highest BCUT2D eigenvalue weighted by Gasteiger charge is 1.98. The molecule has 0 radical (unpaired) electrons. The standard InChI is InChI=1S/C14H15ClN4/c15-12-6-4-5-11(9-12)10-17-14(19-16)18-13-7-2-1-3-8-13/h1-9H,10,16H2,(H2,17,18,19). The largest absolute Gasteiger partial charge is 0.325 e. The van der Waals surface area contributed by atoms with E-state index in [1.54, 1.807) is 0 Å². The number of para-hydroxylation sites is 1. The molecule has 4 nitrogen and oxygen atoms in total. The van der Waals surface area contributed by atoms with Crippen LogP contribution in [0, 0.1) is 0 Å². The number of nitrogens with two attached hydrogens (primary N) is 1. The fourth-order valence-corrected chi connectivity index (χ4v) is 1.80. The van der Waals surface area contributed by atoms with Gasteiger partial charge in [0.05, 0.1) is 6.54 Å². The summed E-state index contributed by atoms with van der Waals surface area (Å²) in [7, 11) is 0. The predicted molar refractivity (Wildman–Crippen MR) is 80.0 cm³/mol. The van der Waals surface area contributed by atoms with Gasteiger partial charge in [-0.25, -0.2) is 10.8 Å². The summed E-state index contributed by atoms with van der Waals surface area (Å²) in [5.41, 5.74) is 4.49. The molecule has 0 bridgehead atoms.